The van der Waals surface area contributed by atoms with Crippen molar-refractivity contribution in [3.63, 3.8) is 0 Å². The van der Waals surface area contributed by atoms with Crippen LogP contribution in [0.2, 0.25) is 0 Å². The minimum Gasteiger partial charge on any atom is -0.339 e. The predicted molar refractivity (Wildman–Crippen MR) is 65.6 cm³/mol. The molecule has 0 aromatic carbocycles. The van der Waals surface area contributed by atoms with Gasteiger partial charge >= 0.3 is 6.18 Å². The van der Waals surface area contributed by atoms with E-state index in [1.165, 1.54) is 0 Å². The molecule has 0 aromatic rings. The lowest BCUT2D eigenvalue weighted by Gasteiger charge is -2.30. The molecule has 0 bridgehead atoms. The fourth-order valence-electron chi connectivity index (χ4n) is 2.58. The lowest BCUT2D eigenvalue weighted by molar-refractivity contribution is -0.149. The lowest BCUT2D eigenvalue weighted by atomic mass is 9.97. The van der Waals surface area contributed by atoms with Crippen LogP contribution >= 0.6 is 0 Å². The van der Waals surface area contributed by atoms with Gasteiger partial charge in [0, 0.05) is 19.0 Å². The summed E-state index contributed by atoms with van der Waals surface area (Å²) in [6, 6.07) is 0.204. The van der Waals surface area contributed by atoms with E-state index in [2.05, 4.69) is 5.32 Å². The molecule has 0 atom stereocenters. The van der Waals surface area contributed by atoms with Crippen molar-refractivity contribution in [3.05, 3.63) is 0 Å². The van der Waals surface area contributed by atoms with Crippen LogP contribution in [-0.4, -0.2) is 42.7 Å². The largest absolute Gasteiger partial charge is 0.389 e. The van der Waals surface area contributed by atoms with Gasteiger partial charge in [-0.2, -0.15) is 13.2 Å². The van der Waals surface area contributed by atoms with Crippen molar-refractivity contribution in [3.8, 4) is 0 Å². The van der Waals surface area contributed by atoms with Crippen LogP contribution in [0.1, 0.15) is 38.5 Å². The van der Waals surface area contributed by atoms with Crippen LogP contribution in [-0.2, 0) is 4.79 Å². The molecule has 3 nitrogen and oxygen atoms in total. The number of nitrogens with zero attached hydrogens (tertiary/aromatic N) is 1. The molecule has 0 unspecified atom stereocenters. The molecule has 1 heterocycles. The van der Waals surface area contributed by atoms with E-state index in [0.717, 1.165) is 38.8 Å². The standard InChI is InChI=1S/C13H21F3N2O/c14-13(15,16)6-3-12(19)18(11-1-2-11)9-10-4-7-17-8-5-10/h10-11,17H,1-9H2. The van der Waals surface area contributed by atoms with Gasteiger partial charge in [0.2, 0.25) is 5.91 Å². The fourth-order valence-corrected chi connectivity index (χ4v) is 2.58. The molecular formula is C13H21F3N2O. The number of rotatable bonds is 5. The maximum atomic E-state index is 12.2. The molecule has 1 amide bonds. The van der Waals surface area contributed by atoms with Crippen LogP contribution in [0, 0.1) is 5.92 Å². The van der Waals surface area contributed by atoms with Crippen LogP contribution in [0.25, 0.3) is 0 Å². The van der Waals surface area contributed by atoms with E-state index >= 15 is 0 Å². The topological polar surface area (TPSA) is 32.3 Å². The van der Waals surface area contributed by atoms with Gasteiger partial charge in [-0.3, -0.25) is 4.79 Å². The molecule has 110 valence electrons. The van der Waals surface area contributed by atoms with Gasteiger partial charge < -0.3 is 10.2 Å². The van der Waals surface area contributed by atoms with E-state index in [0.29, 0.717) is 12.5 Å². The average molecular weight is 278 g/mol. The second-order valence-corrected chi connectivity index (χ2v) is 5.59. The summed E-state index contributed by atoms with van der Waals surface area (Å²) in [7, 11) is 0. The summed E-state index contributed by atoms with van der Waals surface area (Å²) >= 11 is 0. The van der Waals surface area contributed by atoms with E-state index in [-0.39, 0.29) is 11.9 Å². The number of hydrogen-bond acceptors (Lipinski definition) is 2. The summed E-state index contributed by atoms with van der Waals surface area (Å²) in [5, 5.41) is 3.25. The Bertz CT molecular complexity index is 310. The summed E-state index contributed by atoms with van der Waals surface area (Å²) in [4.78, 5) is 13.7. The number of amides is 1. The number of halogens is 3. The Hall–Kier alpha value is -0.780. The zero-order valence-electron chi connectivity index (χ0n) is 11.0. The molecule has 1 aliphatic carbocycles. The number of alkyl halides is 3. The highest BCUT2D eigenvalue weighted by Gasteiger charge is 2.36. The Morgan fingerprint density at radius 1 is 1.16 bits per heavy atom. The van der Waals surface area contributed by atoms with Gasteiger partial charge in [-0.1, -0.05) is 0 Å². The quantitative estimate of drug-likeness (QED) is 0.837. The Labute approximate surface area is 111 Å². The van der Waals surface area contributed by atoms with Crippen LogP contribution in [0.5, 0.6) is 0 Å². The summed E-state index contributed by atoms with van der Waals surface area (Å²) in [5.74, 6) is 0.120. The maximum absolute atomic E-state index is 12.2. The number of carbonyl (C=O) groups excluding carboxylic acids is 1. The zero-order chi connectivity index (χ0) is 13.9. The third kappa shape index (κ3) is 5.01. The highest BCUT2D eigenvalue weighted by Crippen LogP contribution is 2.31. The predicted octanol–water partition coefficient (Wildman–Crippen LogP) is 2.32. The van der Waals surface area contributed by atoms with Crippen molar-refractivity contribution in [2.24, 2.45) is 5.92 Å². The highest BCUT2D eigenvalue weighted by atomic mass is 19.4. The molecular weight excluding hydrogens is 257 g/mol. The van der Waals surface area contributed by atoms with Crippen LogP contribution in [0.3, 0.4) is 0 Å². The van der Waals surface area contributed by atoms with Crippen molar-refractivity contribution in [1.29, 1.82) is 0 Å². The second kappa shape index (κ2) is 6.11. The summed E-state index contributed by atoms with van der Waals surface area (Å²) in [6.45, 7) is 2.53. The first kappa shape index (κ1) is 14.6. The molecule has 1 saturated heterocycles. The van der Waals surface area contributed by atoms with E-state index in [4.69, 9.17) is 0 Å². The van der Waals surface area contributed by atoms with Crippen molar-refractivity contribution < 1.29 is 18.0 Å². The van der Waals surface area contributed by atoms with E-state index in [1.54, 1.807) is 4.90 Å². The molecule has 1 aliphatic heterocycles. The average Bonchev–Trinajstić information content (AvgIpc) is 3.18. The first-order valence-electron chi connectivity index (χ1n) is 7.02. The number of hydrogen-bond donors (Lipinski definition) is 1. The Morgan fingerprint density at radius 2 is 1.79 bits per heavy atom. The smallest absolute Gasteiger partial charge is 0.339 e. The van der Waals surface area contributed by atoms with Crippen LogP contribution in [0.15, 0.2) is 0 Å². The van der Waals surface area contributed by atoms with Crippen LogP contribution < -0.4 is 5.32 Å². The molecule has 1 saturated carbocycles. The summed E-state index contributed by atoms with van der Waals surface area (Å²) < 4.78 is 36.5. The van der Waals surface area contributed by atoms with Gasteiger partial charge in [-0.15, -0.1) is 0 Å². The van der Waals surface area contributed by atoms with Gasteiger partial charge in [0.05, 0.1) is 6.42 Å². The SMILES string of the molecule is O=C(CCC(F)(F)F)N(CC1CCNCC1)C1CC1. The molecule has 19 heavy (non-hydrogen) atoms. The van der Waals surface area contributed by atoms with Crippen molar-refractivity contribution >= 4 is 5.91 Å². The van der Waals surface area contributed by atoms with E-state index in [1.807, 2.05) is 0 Å². The summed E-state index contributed by atoms with van der Waals surface area (Å²) in [6.07, 6.45) is -1.72. The van der Waals surface area contributed by atoms with E-state index < -0.39 is 19.0 Å². The molecule has 6 heteroatoms. The Morgan fingerprint density at radius 3 is 2.32 bits per heavy atom. The molecule has 2 aliphatic rings. The van der Waals surface area contributed by atoms with Crippen molar-refractivity contribution in [2.75, 3.05) is 19.6 Å². The Kier molecular flexibility index (Phi) is 4.71. The van der Waals surface area contributed by atoms with Crippen molar-refractivity contribution in [2.45, 2.75) is 50.7 Å². The van der Waals surface area contributed by atoms with Gasteiger partial charge in [-0.05, 0) is 44.7 Å². The van der Waals surface area contributed by atoms with Crippen molar-refractivity contribution in [1.82, 2.24) is 10.2 Å². The molecule has 0 radical (unpaired) electrons. The maximum Gasteiger partial charge on any atom is 0.389 e. The first-order chi connectivity index (χ1) is 8.96. The van der Waals surface area contributed by atoms with Gasteiger partial charge in [0.25, 0.3) is 0 Å². The molecule has 2 rings (SSSR count). The normalized spacial score (nSPS) is 21.4. The van der Waals surface area contributed by atoms with Crippen LogP contribution in [0.4, 0.5) is 13.2 Å². The summed E-state index contributed by atoms with van der Waals surface area (Å²) in [5.41, 5.74) is 0. The fraction of sp³-hybridized carbons (Fsp3) is 0.923. The zero-order valence-corrected chi connectivity index (χ0v) is 11.0. The molecule has 0 aromatic heterocycles. The van der Waals surface area contributed by atoms with Gasteiger partial charge in [0.15, 0.2) is 0 Å². The lowest BCUT2D eigenvalue weighted by Crippen LogP contribution is -2.40. The first-order valence-corrected chi connectivity index (χ1v) is 7.02. The third-order valence-corrected chi connectivity index (χ3v) is 3.84. The molecule has 1 N–H and O–H groups in total. The van der Waals surface area contributed by atoms with Gasteiger partial charge in [0.1, 0.15) is 0 Å². The molecule has 2 fully saturated rings. The monoisotopic (exact) mass is 278 g/mol. The Balaban J connectivity index is 1.82. The third-order valence-electron chi connectivity index (χ3n) is 3.84. The number of carbonyl (C=O) groups is 1. The van der Waals surface area contributed by atoms with Gasteiger partial charge in [-0.25, -0.2) is 0 Å². The number of piperidine rings is 1. The minimum atomic E-state index is -4.24. The second-order valence-electron chi connectivity index (χ2n) is 5.59. The number of nitrogens with one attached hydrogen (secondary N) is 1. The minimum absolute atomic E-state index is 0.204. The highest BCUT2D eigenvalue weighted by molar-refractivity contribution is 5.77. The molecule has 0 spiro atoms. The van der Waals surface area contributed by atoms with E-state index in [9.17, 15) is 18.0 Å².